The van der Waals surface area contributed by atoms with Gasteiger partial charge in [0.1, 0.15) is 11.3 Å². The molecule has 5 heteroatoms. The van der Waals surface area contributed by atoms with E-state index in [9.17, 15) is 13.2 Å². The molecule has 0 aliphatic rings. The maximum atomic E-state index is 12.6. The van der Waals surface area contributed by atoms with Gasteiger partial charge >= 0.3 is 6.18 Å². The lowest BCUT2D eigenvalue weighted by atomic mass is 10.2. The Morgan fingerprint density at radius 1 is 1.33 bits per heavy atom. The molecule has 0 unspecified atom stereocenters. The summed E-state index contributed by atoms with van der Waals surface area (Å²) in [5, 5.41) is 0. The SMILES string of the molecule is CCc1ccc(C(F)(F)F)n2ccnc12. The van der Waals surface area contributed by atoms with Crippen molar-refractivity contribution in [3.05, 3.63) is 35.8 Å². The molecule has 0 aromatic carbocycles. The first-order valence-electron chi connectivity index (χ1n) is 4.56. The molecule has 0 aliphatic carbocycles. The van der Waals surface area contributed by atoms with Gasteiger partial charge in [-0.1, -0.05) is 13.0 Å². The highest BCUT2D eigenvalue weighted by Gasteiger charge is 2.33. The molecule has 0 amide bonds. The highest BCUT2D eigenvalue weighted by molar-refractivity contribution is 5.49. The summed E-state index contributed by atoms with van der Waals surface area (Å²) < 4.78 is 38.8. The standard InChI is InChI=1S/C10H9F3N2/c1-2-7-3-4-8(10(11,12)13)15-6-5-14-9(7)15/h3-6H,2H2,1H3. The van der Waals surface area contributed by atoms with Crippen molar-refractivity contribution in [2.75, 3.05) is 0 Å². The topological polar surface area (TPSA) is 17.3 Å². The summed E-state index contributed by atoms with van der Waals surface area (Å²) >= 11 is 0. The van der Waals surface area contributed by atoms with Crippen molar-refractivity contribution in [3.63, 3.8) is 0 Å². The first kappa shape index (κ1) is 10.0. The molecule has 0 fully saturated rings. The number of hydrogen-bond donors (Lipinski definition) is 0. The predicted octanol–water partition coefficient (Wildman–Crippen LogP) is 2.92. The fourth-order valence-electron chi connectivity index (χ4n) is 1.58. The minimum Gasteiger partial charge on any atom is -0.295 e. The van der Waals surface area contributed by atoms with Crippen LogP contribution < -0.4 is 0 Å². The van der Waals surface area contributed by atoms with Gasteiger partial charge in [-0.3, -0.25) is 4.40 Å². The quantitative estimate of drug-likeness (QED) is 0.713. The smallest absolute Gasteiger partial charge is 0.295 e. The van der Waals surface area contributed by atoms with Crippen LogP contribution in [0, 0.1) is 0 Å². The predicted molar refractivity (Wildman–Crippen MR) is 49.6 cm³/mol. The maximum absolute atomic E-state index is 12.6. The highest BCUT2D eigenvalue weighted by Crippen LogP contribution is 2.30. The number of nitrogens with zero attached hydrogens (tertiary/aromatic N) is 2. The fraction of sp³-hybridized carbons (Fsp3) is 0.300. The molecule has 0 spiro atoms. The number of imidazole rings is 1. The van der Waals surface area contributed by atoms with Crippen LogP contribution in [0.2, 0.25) is 0 Å². The number of halogens is 3. The lowest BCUT2D eigenvalue weighted by Gasteiger charge is -2.10. The number of aromatic nitrogens is 2. The van der Waals surface area contributed by atoms with Crippen LogP contribution in [0.15, 0.2) is 24.5 Å². The molecule has 0 bridgehead atoms. The number of pyridine rings is 1. The minimum absolute atomic E-state index is 0.382. The second-order valence-corrected chi connectivity index (χ2v) is 3.22. The summed E-state index contributed by atoms with van der Waals surface area (Å²) in [6.45, 7) is 1.89. The lowest BCUT2D eigenvalue weighted by Crippen LogP contribution is -2.11. The van der Waals surface area contributed by atoms with Crippen LogP contribution in [0.4, 0.5) is 13.2 Å². The van der Waals surface area contributed by atoms with E-state index in [1.807, 2.05) is 6.92 Å². The molecule has 0 saturated heterocycles. The molecule has 2 rings (SSSR count). The Bertz CT molecular complexity index is 485. The second kappa shape index (κ2) is 3.25. The van der Waals surface area contributed by atoms with Crippen LogP contribution in [0.1, 0.15) is 18.2 Å². The van der Waals surface area contributed by atoms with E-state index in [-0.39, 0.29) is 0 Å². The Morgan fingerprint density at radius 3 is 2.67 bits per heavy atom. The summed E-state index contributed by atoms with van der Waals surface area (Å²) in [6.07, 6.45) is -0.967. The molecule has 15 heavy (non-hydrogen) atoms. The van der Waals surface area contributed by atoms with Gasteiger partial charge in [0.2, 0.25) is 0 Å². The minimum atomic E-state index is -4.34. The van der Waals surface area contributed by atoms with Crippen molar-refractivity contribution < 1.29 is 13.2 Å². The second-order valence-electron chi connectivity index (χ2n) is 3.22. The van der Waals surface area contributed by atoms with E-state index in [0.717, 1.165) is 16.0 Å². The summed E-state index contributed by atoms with van der Waals surface area (Å²) in [5.41, 5.74) is 0.507. The molecule has 0 aliphatic heterocycles. The molecule has 80 valence electrons. The Labute approximate surface area is 84.4 Å². The Balaban J connectivity index is 2.74. The van der Waals surface area contributed by atoms with Crippen LogP contribution >= 0.6 is 0 Å². The van der Waals surface area contributed by atoms with Gasteiger partial charge in [0.15, 0.2) is 0 Å². The van der Waals surface area contributed by atoms with Crippen LogP contribution in [-0.2, 0) is 12.6 Å². The Hall–Kier alpha value is -1.52. The van der Waals surface area contributed by atoms with E-state index in [2.05, 4.69) is 4.98 Å². The van der Waals surface area contributed by atoms with Crippen molar-refractivity contribution in [3.8, 4) is 0 Å². The third-order valence-electron chi connectivity index (χ3n) is 2.30. The third kappa shape index (κ3) is 1.58. The number of alkyl halides is 3. The van der Waals surface area contributed by atoms with E-state index in [0.29, 0.717) is 12.1 Å². The van der Waals surface area contributed by atoms with E-state index in [1.165, 1.54) is 18.5 Å². The molecule has 0 N–H and O–H groups in total. The van der Waals surface area contributed by atoms with E-state index in [1.54, 1.807) is 0 Å². The van der Waals surface area contributed by atoms with Crippen LogP contribution in [0.5, 0.6) is 0 Å². The average molecular weight is 214 g/mol. The third-order valence-corrected chi connectivity index (χ3v) is 2.30. The van der Waals surface area contributed by atoms with Crippen molar-refractivity contribution in [1.29, 1.82) is 0 Å². The first-order chi connectivity index (χ1) is 7.04. The largest absolute Gasteiger partial charge is 0.431 e. The van der Waals surface area contributed by atoms with E-state index < -0.39 is 11.9 Å². The highest BCUT2D eigenvalue weighted by atomic mass is 19.4. The van der Waals surface area contributed by atoms with Gasteiger partial charge in [0, 0.05) is 12.4 Å². The molecule has 0 saturated carbocycles. The lowest BCUT2D eigenvalue weighted by molar-refractivity contribution is -0.142. The zero-order chi connectivity index (χ0) is 11.1. The Morgan fingerprint density at radius 2 is 2.07 bits per heavy atom. The van der Waals surface area contributed by atoms with Crippen molar-refractivity contribution >= 4 is 5.65 Å². The van der Waals surface area contributed by atoms with E-state index >= 15 is 0 Å². The molecular weight excluding hydrogens is 205 g/mol. The summed E-state index contributed by atoms with van der Waals surface area (Å²) in [6, 6.07) is 2.57. The molecule has 2 heterocycles. The number of aryl methyl sites for hydroxylation is 1. The molecule has 0 radical (unpaired) electrons. The molecule has 2 nitrogen and oxygen atoms in total. The average Bonchev–Trinajstić information content (AvgIpc) is 2.62. The number of fused-ring (bicyclic) bond motifs is 1. The normalized spacial score (nSPS) is 12.3. The van der Waals surface area contributed by atoms with Gasteiger partial charge in [0.25, 0.3) is 0 Å². The van der Waals surface area contributed by atoms with Gasteiger partial charge in [-0.25, -0.2) is 4.98 Å². The summed E-state index contributed by atoms with van der Waals surface area (Å²) in [7, 11) is 0. The first-order valence-corrected chi connectivity index (χ1v) is 4.56. The van der Waals surface area contributed by atoms with Crippen molar-refractivity contribution in [2.45, 2.75) is 19.5 Å². The van der Waals surface area contributed by atoms with Crippen molar-refractivity contribution in [1.82, 2.24) is 9.38 Å². The van der Waals surface area contributed by atoms with E-state index in [4.69, 9.17) is 0 Å². The van der Waals surface area contributed by atoms with Crippen LogP contribution in [0.3, 0.4) is 0 Å². The monoisotopic (exact) mass is 214 g/mol. The molecule has 2 aromatic rings. The fourth-order valence-corrected chi connectivity index (χ4v) is 1.58. The van der Waals surface area contributed by atoms with Crippen LogP contribution in [-0.4, -0.2) is 9.38 Å². The van der Waals surface area contributed by atoms with Crippen LogP contribution in [0.25, 0.3) is 5.65 Å². The van der Waals surface area contributed by atoms with Gasteiger partial charge in [-0.05, 0) is 18.1 Å². The molecule has 0 atom stereocenters. The van der Waals surface area contributed by atoms with Gasteiger partial charge in [0.05, 0.1) is 0 Å². The van der Waals surface area contributed by atoms with Gasteiger partial charge < -0.3 is 0 Å². The summed E-state index contributed by atoms with van der Waals surface area (Å²) in [5.74, 6) is 0. The van der Waals surface area contributed by atoms with Gasteiger partial charge in [-0.2, -0.15) is 13.2 Å². The number of hydrogen-bond acceptors (Lipinski definition) is 1. The number of rotatable bonds is 1. The zero-order valence-electron chi connectivity index (χ0n) is 8.04. The van der Waals surface area contributed by atoms with Crippen molar-refractivity contribution in [2.24, 2.45) is 0 Å². The summed E-state index contributed by atoms with van der Waals surface area (Å²) in [4.78, 5) is 3.93. The van der Waals surface area contributed by atoms with Gasteiger partial charge in [-0.15, -0.1) is 0 Å². The molecular formula is C10H9F3N2. The molecule has 2 aromatic heterocycles. The Kier molecular flexibility index (Phi) is 2.17. The maximum Gasteiger partial charge on any atom is 0.431 e. The zero-order valence-corrected chi connectivity index (χ0v) is 8.04.